The van der Waals surface area contributed by atoms with E-state index in [9.17, 15) is 26.8 Å². The predicted molar refractivity (Wildman–Crippen MR) is 109 cm³/mol. The van der Waals surface area contributed by atoms with E-state index in [0.717, 1.165) is 25.2 Å². The number of ether oxygens (including phenoxy) is 2. The van der Waals surface area contributed by atoms with Gasteiger partial charge in [-0.1, -0.05) is 0 Å². The molecule has 8 nitrogen and oxygen atoms in total. The number of sulfonamides is 1. The number of nitrogens with zero attached hydrogens (tertiary/aromatic N) is 1. The molecule has 0 bridgehead atoms. The predicted octanol–water partition coefficient (Wildman–Crippen LogP) is 3.07. The molecule has 1 aliphatic heterocycles. The van der Waals surface area contributed by atoms with E-state index in [1.807, 2.05) is 20.8 Å². The zero-order valence-corrected chi connectivity index (χ0v) is 18.9. The van der Waals surface area contributed by atoms with Gasteiger partial charge in [0.2, 0.25) is 10.0 Å². The minimum Gasteiger partial charge on any atom is -0.490 e. The van der Waals surface area contributed by atoms with Gasteiger partial charge in [0.05, 0.1) is 18.4 Å². The number of nitrogens with one attached hydrogen (secondary N) is 1. The molecule has 0 radical (unpaired) electrons. The lowest BCUT2D eigenvalue weighted by molar-refractivity contribution is 0.0177. The lowest BCUT2D eigenvalue weighted by Gasteiger charge is -2.33. The molecule has 1 aromatic carbocycles. The molecule has 0 aromatic heterocycles. The van der Waals surface area contributed by atoms with Crippen LogP contribution in [0.1, 0.15) is 50.4 Å². The first kappa shape index (κ1) is 24.8. The molecule has 11 heteroatoms. The molecule has 0 aliphatic carbocycles. The summed E-state index contributed by atoms with van der Waals surface area (Å²) in [5.74, 6) is -3.43. The molecule has 0 atom stereocenters. The monoisotopic (exact) mass is 462 g/mol. The number of hydrogen-bond donors (Lipinski definition) is 1. The van der Waals surface area contributed by atoms with Gasteiger partial charge in [0, 0.05) is 19.2 Å². The van der Waals surface area contributed by atoms with Crippen LogP contribution in [0.4, 0.5) is 13.6 Å². The fourth-order valence-electron chi connectivity index (χ4n) is 3.10. The Bertz CT molecular complexity index is 922. The van der Waals surface area contributed by atoms with E-state index in [-0.39, 0.29) is 24.4 Å². The summed E-state index contributed by atoms with van der Waals surface area (Å²) >= 11 is 0. The van der Waals surface area contributed by atoms with Crippen molar-refractivity contribution in [1.29, 1.82) is 0 Å². The number of amides is 2. The number of hydrogen-bond acceptors (Lipinski definition) is 6. The Hall–Kier alpha value is -2.43. The van der Waals surface area contributed by atoms with Crippen molar-refractivity contribution < 1.29 is 36.3 Å². The first-order valence-corrected chi connectivity index (χ1v) is 11.8. The SMILES string of the molecule is CC(C)(C)OC(=O)N1CCC(CCOc2cc(F)c(C(=O)NS(C)(=O)=O)cc2F)CC1. The van der Waals surface area contributed by atoms with Crippen molar-refractivity contribution in [1.82, 2.24) is 9.62 Å². The minimum absolute atomic E-state index is 0.127. The van der Waals surface area contributed by atoms with Gasteiger partial charge < -0.3 is 14.4 Å². The summed E-state index contributed by atoms with van der Waals surface area (Å²) in [6.07, 6.45) is 2.45. The summed E-state index contributed by atoms with van der Waals surface area (Å²) < 4.78 is 62.7. The fraction of sp³-hybridized carbons (Fsp3) is 0.600. The van der Waals surface area contributed by atoms with Crippen LogP contribution in [0.3, 0.4) is 0 Å². The molecule has 2 rings (SSSR count). The van der Waals surface area contributed by atoms with Crippen LogP contribution >= 0.6 is 0 Å². The van der Waals surface area contributed by atoms with E-state index < -0.39 is 38.7 Å². The fourth-order valence-corrected chi connectivity index (χ4v) is 3.55. The molecule has 1 heterocycles. The molecule has 1 saturated heterocycles. The van der Waals surface area contributed by atoms with Crippen molar-refractivity contribution in [3.63, 3.8) is 0 Å². The molecule has 31 heavy (non-hydrogen) atoms. The van der Waals surface area contributed by atoms with Crippen molar-refractivity contribution in [2.75, 3.05) is 26.0 Å². The molecule has 0 spiro atoms. The van der Waals surface area contributed by atoms with Crippen LogP contribution in [0.2, 0.25) is 0 Å². The second kappa shape index (κ2) is 9.80. The van der Waals surface area contributed by atoms with E-state index in [1.54, 1.807) is 9.62 Å². The summed E-state index contributed by atoms with van der Waals surface area (Å²) in [5, 5.41) is 0. The second-order valence-electron chi connectivity index (χ2n) is 8.51. The van der Waals surface area contributed by atoms with Gasteiger partial charge in [-0.3, -0.25) is 4.79 Å². The van der Waals surface area contributed by atoms with Gasteiger partial charge in [0.25, 0.3) is 5.91 Å². The van der Waals surface area contributed by atoms with Crippen LogP contribution < -0.4 is 9.46 Å². The van der Waals surface area contributed by atoms with Crippen molar-refractivity contribution in [2.45, 2.75) is 45.6 Å². The molecule has 1 aromatic rings. The average molecular weight is 463 g/mol. The summed E-state index contributed by atoms with van der Waals surface area (Å²) in [4.78, 5) is 25.5. The molecular formula is C20H28F2N2O6S. The van der Waals surface area contributed by atoms with Gasteiger partial charge in [-0.2, -0.15) is 0 Å². The molecule has 0 unspecified atom stereocenters. The first-order chi connectivity index (χ1) is 14.2. The Morgan fingerprint density at radius 2 is 1.77 bits per heavy atom. The summed E-state index contributed by atoms with van der Waals surface area (Å²) in [7, 11) is -3.91. The third-order valence-electron chi connectivity index (χ3n) is 4.59. The topological polar surface area (TPSA) is 102 Å². The number of carbonyl (C=O) groups excluding carboxylic acids is 2. The van der Waals surface area contributed by atoms with E-state index in [1.165, 1.54) is 0 Å². The molecule has 0 saturated carbocycles. The lowest BCUT2D eigenvalue weighted by atomic mass is 9.94. The molecule has 1 aliphatic rings. The van der Waals surface area contributed by atoms with Crippen LogP contribution in [-0.2, 0) is 14.8 Å². The zero-order chi connectivity index (χ0) is 23.4. The van der Waals surface area contributed by atoms with Crippen molar-refractivity contribution >= 4 is 22.0 Å². The largest absolute Gasteiger partial charge is 0.490 e. The van der Waals surface area contributed by atoms with Gasteiger partial charge in [-0.05, 0) is 52.0 Å². The number of carbonyl (C=O) groups is 2. The Kier molecular flexibility index (Phi) is 7.85. The first-order valence-electron chi connectivity index (χ1n) is 9.87. The Balaban J connectivity index is 1.85. The highest BCUT2D eigenvalue weighted by molar-refractivity contribution is 7.89. The number of piperidine rings is 1. The Morgan fingerprint density at radius 3 is 2.32 bits per heavy atom. The van der Waals surface area contributed by atoms with E-state index in [4.69, 9.17) is 9.47 Å². The van der Waals surface area contributed by atoms with E-state index in [0.29, 0.717) is 25.6 Å². The second-order valence-corrected chi connectivity index (χ2v) is 10.3. The normalized spacial score (nSPS) is 15.5. The molecule has 174 valence electrons. The summed E-state index contributed by atoms with van der Waals surface area (Å²) in [6.45, 7) is 6.65. The molecule has 1 N–H and O–H groups in total. The minimum atomic E-state index is -3.91. The Labute approximate surface area is 180 Å². The maximum atomic E-state index is 14.2. The van der Waals surface area contributed by atoms with Crippen molar-refractivity contribution in [3.05, 3.63) is 29.3 Å². The maximum Gasteiger partial charge on any atom is 0.410 e. The number of rotatable bonds is 6. The van der Waals surface area contributed by atoms with Gasteiger partial charge in [0.1, 0.15) is 11.4 Å². The summed E-state index contributed by atoms with van der Waals surface area (Å²) in [6, 6.07) is 1.32. The quantitative estimate of drug-likeness (QED) is 0.697. The average Bonchev–Trinajstić information content (AvgIpc) is 2.62. The maximum absolute atomic E-state index is 14.2. The van der Waals surface area contributed by atoms with Crippen LogP contribution in [0.25, 0.3) is 0 Å². The number of likely N-dealkylation sites (tertiary alicyclic amines) is 1. The molecule has 1 fully saturated rings. The molecular weight excluding hydrogens is 434 g/mol. The van der Waals surface area contributed by atoms with E-state index >= 15 is 0 Å². The zero-order valence-electron chi connectivity index (χ0n) is 18.0. The van der Waals surface area contributed by atoms with Crippen LogP contribution in [-0.4, -0.2) is 56.9 Å². The molecule has 2 amide bonds. The van der Waals surface area contributed by atoms with Gasteiger partial charge in [0.15, 0.2) is 11.6 Å². The van der Waals surface area contributed by atoms with Crippen LogP contribution in [0.15, 0.2) is 12.1 Å². The standard InChI is InChI=1S/C20H28F2N2O6S/c1-20(2,3)30-19(26)24-8-5-13(6-9-24)7-10-29-17-12-15(21)14(11-16(17)22)18(25)23-31(4,27)28/h11-13H,5-10H2,1-4H3,(H,23,25). The lowest BCUT2D eigenvalue weighted by Crippen LogP contribution is -2.41. The Morgan fingerprint density at radius 1 is 1.16 bits per heavy atom. The van der Waals surface area contributed by atoms with E-state index in [2.05, 4.69) is 0 Å². The number of benzene rings is 1. The van der Waals surface area contributed by atoms with Gasteiger partial charge in [-0.25, -0.2) is 26.7 Å². The van der Waals surface area contributed by atoms with Gasteiger partial charge >= 0.3 is 6.09 Å². The van der Waals surface area contributed by atoms with Crippen molar-refractivity contribution in [2.24, 2.45) is 5.92 Å². The highest BCUT2D eigenvalue weighted by atomic mass is 32.2. The third kappa shape index (κ3) is 7.97. The van der Waals surface area contributed by atoms with Crippen molar-refractivity contribution in [3.8, 4) is 5.75 Å². The van der Waals surface area contributed by atoms with Crippen LogP contribution in [0, 0.1) is 17.6 Å². The third-order valence-corrected chi connectivity index (χ3v) is 5.15. The smallest absolute Gasteiger partial charge is 0.410 e. The highest BCUT2D eigenvalue weighted by Gasteiger charge is 2.27. The number of halogens is 2. The van der Waals surface area contributed by atoms with Crippen LogP contribution in [0.5, 0.6) is 5.75 Å². The highest BCUT2D eigenvalue weighted by Crippen LogP contribution is 2.25. The summed E-state index contributed by atoms with van der Waals surface area (Å²) in [5.41, 5.74) is -1.29. The van der Waals surface area contributed by atoms with Gasteiger partial charge in [-0.15, -0.1) is 0 Å².